The molecule has 8 nitrogen and oxygen atoms in total. The summed E-state index contributed by atoms with van der Waals surface area (Å²) in [6.07, 6.45) is 2.61. The highest BCUT2D eigenvalue weighted by atomic mass is 32.2. The van der Waals surface area contributed by atoms with E-state index in [0.29, 0.717) is 0 Å². The molecule has 0 saturated carbocycles. The fraction of sp³-hybridized carbons (Fsp3) is 0.211. The van der Waals surface area contributed by atoms with E-state index >= 15 is 0 Å². The van der Waals surface area contributed by atoms with Crippen LogP contribution in [0.15, 0.2) is 59.5 Å². The van der Waals surface area contributed by atoms with Gasteiger partial charge in [0, 0.05) is 43.9 Å². The quantitative estimate of drug-likeness (QED) is 0.420. The Morgan fingerprint density at radius 2 is 1.66 bits per heavy atom. The van der Waals surface area contributed by atoms with E-state index in [-0.39, 0.29) is 42.5 Å². The van der Waals surface area contributed by atoms with Crippen molar-refractivity contribution in [2.45, 2.75) is 4.90 Å². The van der Waals surface area contributed by atoms with Crippen LogP contribution in [0.3, 0.4) is 0 Å². The van der Waals surface area contributed by atoms with Crippen LogP contribution in [0.5, 0.6) is 0 Å². The van der Waals surface area contributed by atoms with E-state index in [0.717, 1.165) is 10.4 Å². The lowest BCUT2D eigenvalue weighted by atomic mass is 10.2. The lowest BCUT2D eigenvalue weighted by molar-refractivity contribution is -0.387. The van der Waals surface area contributed by atoms with Gasteiger partial charge in [0.2, 0.25) is 15.9 Å². The fourth-order valence-corrected chi connectivity index (χ4v) is 4.57. The number of hydrogen-bond acceptors (Lipinski definition) is 5. The monoisotopic (exact) mass is 419 g/mol. The molecule has 1 saturated heterocycles. The predicted molar refractivity (Wildman–Crippen MR) is 104 cm³/mol. The molecular formula is C19H18FN3O5S. The van der Waals surface area contributed by atoms with Gasteiger partial charge in [0.1, 0.15) is 5.82 Å². The summed E-state index contributed by atoms with van der Waals surface area (Å²) in [4.78, 5) is 23.8. The Labute approximate surface area is 167 Å². The Morgan fingerprint density at radius 1 is 1.03 bits per heavy atom. The summed E-state index contributed by atoms with van der Waals surface area (Å²) in [6.45, 7) is 0.266. The lowest BCUT2D eigenvalue weighted by Crippen LogP contribution is -2.50. The molecule has 0 atom stereocenters. The Balaban J connectivity index is 1.68. The number of amides is 1. The van der Waals surface area contributed by atoms with Crippen molar-refractivity contribution < 1.29 is 22.5 Å². The van der Waals surface area contributed by atoms with Crippen molar-refractivity contribution >= 4 is 27.7 Å². The van der Waals surface area contributed by atoms with E-state index in [1.165, 1.54) is 47.4 Å². The first-order valence-electron chi connectivity index (χ1n) is 8.76. The van der Waals surface area contributed by atoms with Crippen molar-refractivity contribution in [2.75, 3.05) is 26.2 Å². The number of para-hydroxylation sites is 1. The van der Waals surface area contributed by atoms with Gasteiger partial charge in [0.25, 0.3) is 5.69 Å². The van der Waals surface area contributed by atoms with Crippen molar-refractivity contribution in [3.05, 3.63) is 76.1 Å². The molecule has 152 valence electrons. The Kier molecular flexibility index (Phi) is 6.04. The van der Waals surface area contributed by atoms with Gasteiger partial charge in [-0.1, -0.05) is 30.3 Å². The molecule has 1 aliphatic heterocycles. The third kappa shape index (κ3) is 4.49. The fourth-order valence-electron chi connectivity index (χ4n) is 2.99. The van der Waals surface area contributed by atoms with Gasteiger partial charge in [-0.15, -0.1) is 0 Å². The first kappa shape index (κ1) is 20.6. The molecule has 0 spiro atoms. The molecule has 0 unspecified atom stereocenters. The van der Waals surface area contributed by atoms with Crippen LogP contribution in [0.25, 0.3) is 6.08 Å². The molecule has 0 aromatic heterocycles. The zero-order chi connectivity index (χ0) is 21.0. The summed E-state index contributed by atoms with van der Waals surface area (Å²) in [7, 11) is -4.06. The van der Waals surface area contributed by atoms with E-state index < -0.39 is 26.5 Å². The number of sulfonamides is 1. The van der Waals surface area contributed by atoms with Crippen molar-refractivity contribution in [3.8, 4) is 0 Å². The molecular weight excluding hydrogens is 401 g/mol. The zero-order valence-corrected chi connectivity index (χ0v) is 16.1. The van der Waals surface area contributed by atoms with E-state index in [2.05, 4.69) is 0 Å². The number of hydrogen-bond donors (Lipinski definition) is 0. The van der Waals surface area contributed by atoms with Gasteiger partial charge in [0.05, 0.1) is 4.92 Å². The molecule has 1 heterocycles. The first-order chi connectivity index (χ1) is 13.8. The molecule has 0 bridgehead atoms. The van der Waals surface area contributed by atoms with E-state index in [9.17, 15) is 27.7 Å². The van der Waals surface area contributed by atoms with Crippen LogP contribution >= 0.6 is 0 Å². The summed E-state index contributed by atoms with van der Waals surface area (Å²) in [6, 6.07) is 11.2. The maximum absolute atomic E-state index is 13.6. The summed E-state index contributed by atoms with van der Waals surface area (Å²) in [5, 5.41) is 11.1. The molecule has 10 heteroatoms. The molecule has 29 heavy (non-hydrogen) atoms. The second-order valence-corrected chi connectivity index (χ2v) is 8.22. The van der Waals surface area contributed by atoms with E-state index in [1.54, 1.807) is 12.1 Å². The molecule has 2 aromatic carbocycles. The number of carbonyl (C=O) groups excluding carboxylic acids is 1. The van der Waals surface area contributed by atoms with Crippen molar-refractivity contribution in [1.29, 1.82) is 0 Å². The van der Waals surface area contributed by atoms with Gasteiger partial charge < -0.3 is 4.90 Å². The van der Waals surface area contributed by atoms with Gasteiger partial charge in [0.15, 0.2) is 4.90 Å². The maximum atomic E-state index is 13.6. The second-order valence-electron chi connectivity index (χ2n) is 6.31. The molecule has 1 aliphatic rings. The Bertz CT molecular complexity index is 1060. The standard InChI is InChI=1S/C19H18FN3O5S/c20-16-6-2-1-5-15(16)9-10-19(24)21-11-13-22(14-12-21)29(27,28)18-8-4-3-7-17(18)23(25)26/h1-10H,11-14H2/b10-9+. The first-order valence-corrected chi connectivity index (χ1v) is 10.2. The average molecular weight is 419 g/mol. The summed E-state index contributed by atoms with van der Waals surface area (Å²) in [5.74, 6) is -0.812. The molecule has 0 N–H and O–H groups in total. The van der Waals surface area contributed by atoms with Crippen molar-refractivity contribution in [3.63, 3.8) is 0 Å². The number of halogens is 1. The summed E-state index contributed by atoms with van der Waals surface area (Å²) >= 11 is 0. The predicted octanol–water partition coefficient (Wildman–Crippen LogP) is 2.28. The molecule has 0 radical (unpaired) electrons. The zero-order valence-electron chi connectivity index (χ0n) is 15.3. The van der Waals surface area contributed by atoms with Gasteiger partial charge >= 0.3 is 0 Å². The van der Waals surface area contributed by atoms with Crippen LogP contribution in [-0.2, 0) is 14.8 Å². The Hall–Kier alpha value is -3.11. The van der Waals surface area contributed by atoms with Crippen LogP contribution < -0.4 is 0 Å². The highest BCUT2D eigenvalue weighted by molar-refractivity contribution is 7.89. The molecule has 3 rings (SSSR count). The normalized spacial score (nSPS) is 15.6. The minimum Gasteiger partial charge on any atom is -0.337 e. The van der Waals surface area contributed by atoms with Crippen molar-refractivity contribution in [1.82, 2.24) is 9.21 Å². The van der Waals surface area contributed by atoms with E-state index in [4.69, 9.17) is 0 Å². The smallest absolute Gasteiger partial charge is 0.289 e. The van der Waals surface area contributed by atoms with Crippen molar-refractivity contribution in [2.24, 2.45) is 0 Å². The average Bonchev–Trinajstić information content (AvgIpc) is 2.73. The molecule has 1 amide bonds. The lowest BCUT2D eigenvalue weighted by Gasteiger charge is -2.33. The number of nitro groups is 1. The summed E-state index contributed by atoms with van der Waals surface area (Å²) < 4.78 is 40.3. The topological polar surface area (TPSA) is 101 Å². The number of piperazine rings is 1. The van der Waals surface area contributed by atoms with Crippen LogP contribution in [-0.4, -0.2) is 54.6 Å². The van der Waals surface area contributed by atoms with Gasteiger partial charge in [-0.3, -0.25) is 14.9 Å². The van der Waals surface area contributed by atoms with E-state index in [1.807, 2.05) is 0 Å². The molecule has 0 aliphatic carbocycles. The number of rotatable bonds is 5. The highest BCUT2D eigenvalue weighted by Crippen LogP contribution is 2.27. The van der Waals surface area contributed by atoms with Gasteiger partial charge in [-0.2, -0.15) is 4.31 Å². The van der Waals surface area contributed by atoms with Crippen LogP contribution in [0.4, 0.5) is 10.1 Å². The SMILES string of the molecule is O=C(/C=C/c1ccccc1F)N1CCN(S(=O)(=O)c2ccccc2[N+](=O)[O-])CC1. The maximum Gasteiger partial charge on any atom is 0.289 e. The van der Waals surface area contributed by atoms with Gasteiger partial charge in [-0.05, 0) is 18.2 Å². The number of nitro benzene ring substituents is 1. The third-order valence-electron chi connectivity index (χ3n) is 4.54. The Morgan fingerprint density at radius 3 is 2.31 bits per heavy atom. The third-order valence-corrected chi connectivity index (χ3v) is 6.49. The highest BCUT2D eigenvalue weighted by Gasteiger charge is 2.34. The van der Waals surface area contributed by atoms with Gasteiger partial charge in [-0.25, -0.2) is 12.8 Å². The number of carbonyl (C=O) groups is 1. The summed E-state index contributed by atoms with van der Waals surface area (Å²) in [5.41, 5.74) is -0.211. The van der Waals surface area contributed by atoms with Crippen LogP contribution in [0.1, 0.15) is 5.56 Å². The second kappa shape index (κ2) is 8.50. The number of benzene rings is 2. The largest absolute Gasteiger partial charge is 0.337 e. The minimum atomic E-state index is -4.06. The number of nitrogens with zero attached hydrogens (tertiary/aromatic N) is 3. The molecule has 2 aromatic rings. The van der Waals surface area contributed by atoms with Crippen LogP contribution in [0, 0.1) is 15.9 Å². The minimum absolute atomic E-state index is 0.00760. The molecule has 1 fully saturated rings. The van der Waals surface area contributed by atoms with Crippen LogP contribution in [0.2, 0.25) is 0 Å².